The van der Waals surface area contributed by atoms with E-state index in [1.165, 1.54) is 0 Å². The van der Waals surface area contributed by atoms with Gasteiger partial charge in [0.1, 0.15) is 0 Å². The third-order valence-corrected chi connectivity index (χ3v) is 4.02. The van der Waals surface area contributed by atoms with Crippen LogP contribution < -0.4 is 10.6 Å². The molecule has 0 spiro atoms. The van der Waals surface area contributed by atoms with Crippen LogP contribution in [0.15, 0.2) is 18.2 Å². The van der Waals surface area contributed by atoms with Gasteiger partial charge in [0.15, 0.2) is 5.78 Å². The Morgan fingerprint density at radius 3 is 2.53 bits per heavy atom. The molecule has 2 rings (SSSR count). The molecule has 0 radical (unpaired) electrons. The zero-order chi connectivity index (χ0) is 14.2. The maximum Gasteiger partial charge on any atom is 0.161 e. The molecule has 1 saturated heterocycles. The average Bonchev–Trinajstić information content (AvgIpc) is 2.70. The van der Waals surface area contributed by atoms with E-state index in [4.69, 9.17) is 5.73 Å². The fourth-order valence-corrected chi connectivity index (χ4v) is 2.90. The van der Waals surface area contributed by atoms with E-state index in [-0.39, 0.29) is 5.78 Å². The van der Waals surface area contributed by atoms with E-state index >= 15 is 0 Å². The van der Waals surface area contributed by atoms with Crippen LogP contribution in [0.25, 0.3) is 0 Å². The highest BCUT2D eigenvalue weighted by Crippen LogP contribution is 2.28. The molecular formula is C15H23N3O. The van der Waals surface area contributed by atoms with Crippen LogP contribution in [0.2, 0.25) is 0 Å². The maximum absolute atomic E-state index is 11.4. The van der Waals surface area contributed by atoms with Crippen molar-refractivity contribution in [1.29, 1.82) is 0 Å². The van der Waals surface area contributed by atoms with Crippen LogP contribution in [0.4, 0.5) is 11.4 Å². The number of rotatable bonds is 3. The molecule has 4 heteroatoms. The van der Waals surface area contributed by atoms with E-state index in [0.717, 1.165) is 18.8 Å². The van der Waals surface area contributed by atoms with Crippen LogP contribution in [0.1, 0.15) is 24.2 Å². The molecule has 1 heterocycles. The van der Waals surface area contributed by atoms with Crippen LogP contribution in [-0.2, 0) is 0 Å². The number of carbonyl (C=O) groups excluding carboxylic acids is 1. The zero-order valence-electron chi connectivity index (χ0n) is 12.2. The highest BCUT2D eigenvalue weighted by molar-refractivity contribution is 5.99. The minimum absolute atomic E-state index is 0.0185. The standard InChI is InChI=1S/C15H23N3O/c1-10-8-18(9-15(10)17(3)4)12-5-6-13(11(2)19)14(16)7-12/h5-7,10,15H,8-9,16H2,1-4H3. The number of hydrogen-bond acceptors (Lipinski definition) is 4. The third kappa shape index (κ3) is 2.73. The fourth-order valence-electron chi connectivity index (χ4n) is 2.90. The molecule has 0 aromatic heterocycles. The monoisotopic (exact) mass is 261 g/mol. The molecule has 0 bridgehead atoms. The second-order valence-corrected chi connectivity index (χ2v) is 5.74. The first-order valence-electron chi connectivity index (χ1n) is 6.72. The Balaban J connectivity index is 2.20. The Kier molecular flexibility index (Phi) is 3.80. The molecule has 0 amide bonds. The SMILES string of the molecule is CC(=O)c1ccc(N2CC(C)C(N(C)C)C2)cc1N. The van der Waals surface area contributed by atoms with Crippen molar-refractivity contribution >= 4 is 17.2 Å². The quantitative estimate of drug-likeness (QED) is 0.666. The van der Waals surface area contributed by atoms with Crippen LogP contribution in [-0.4, -0.2) is 43.9 Å². The molecule has 0 saturated carbocycles. The fraction of sp³-hybridized carbons (Fsp3) is 0.533. The summed E-state index contributed by atoms with van der Waals surface area (Å²) in [7, 11) is 4.25. The first-order valence-corrected chi connectivity index (χ1v) is 6.72. The molecule has 19 heavy (non-hydrogen) atoms. The van der Waals surface area contributed by atoms with Crippen molar-refractivity contribution in [2.24, 2.45) is 5.92 Å². The number of benzene rings is 1. The second-order valence-electron chi connectivity index (χ2n) is 5.74. The zero-order valence-corrected chi connectivity index (χ0v) is 12.2. The molecule has 1 aromatic rings. The van der Waals surface area contributed by atoms with E-state index in [1.54, 1.807) is 6.92 Å². The van der Waals surface area contributed by atoms with Crippen LogP contribution in [0, 0.1) is 5.92 Å². The van der Waals surface area contributed by atoms with Crippen LogP contribution >= 0.6 is 0 Å². The van der Waals surface area contributed by atoms with E-state index in [0.29, 0.717) is 23.2 Å². The number of Topliss-reactive ketones (excluding diaryl/α,β-unsaturated/α-hetero) is 1. The molecule has 1 aliphatic heterocycles. The van der Waals surface area contributed by atoms with Gasteiger partial charge in [0.05, 0.1) is 0 Å². The second kappa shape index (κ2) is 5.21. The lowest BCUT2D eigenvalue weighted by Crippen LogP contribution is -2.34. The summed E-state index contributed by atoms with van der Waals surface area (Å²) in [4.78, 5) is 16.0. The summed E-state index contributed by atoms with van der Waals surface area (Å²) < 4.78 is 0. The van der Waals surface area contributed by atoms with Crippen molar-refractivity contribution < 1.29 is 4.79 Å². The number of hydrogen-bond donors (Lipinski definition) is 1. The van der Waals surface area contributed by atoms with Gasteiger partial charge in [-0.2, -0.15) is 0 Å². The van der Waals surface area contributed by atoms with Crippen molar-refractivity contribution in [2.45, 2.75) is 19.9 Å². The summed E-state index contributed by atoms with van der Waals surface area (Å²) in [5.41, 5.74) is 8.26. The number of ketones is 1. The summed E-state index contributed by atoms with van der Waals surface area (Å²) in [5.74, 6) is 0.647. The van der Waals surface area contributed by atoms with Gasteiger partial charge in [-0.05, 0) is 45.1 Å². The number of carbonyl (C=O) groups is 1. The van der Waals surface area contributed by atoms with Crippen molar-refractivity contribution in [1.82, 2.24) is 4.90 Å². The topological polar surface area (TPSA) is 49.6 Å². The van der Waals surface area contributed by atoms with Gasteiger partial charge in [-0.1, -0.05) is 6.92 Å². The van der Waals surface area contributed by atoms with Gasteiger partial charge in [0, 0.05) is 36.1 Å². The summed E-state index contributed by atoms with van der Waals surface area (Å²) in [6.45, 7) is 5.86. The average molecular weight is 261 g/mol. The number of nitrogens with two attached hydrogens (primary N) is 1. The highest BCUT2D eigenvalue weighted by Gasteiger charge is 2.31. The van der Waals surface area contributed by atoms with Gasteiger partial charge in [-0.3, -0.25) is 4.79 Å². The molecular weight excluding hydrogens is 238 g/mol. The molecule has 0 aliphatic carbocycles. The van der Waals surface area contributed by atoms with Crippen LogP contribution in [0.5, 0.6) is 0 Å². The van der Waals surface area contributed by atoms with Crippen molar-refractivity contribution in [2.75, 3.05) is 37.8 Å². The summed E-state index contributed by atoms with van der Waals surface area (Å²) in [5, 5.41) is 0. The largest absolute Gasteiger partial charge is 0.398 e. The first-order chi connectivity index (χ1) is 8.90. The van der Waals surface area contributed by atoms with Gasteiger partial charge in [0.2, 0.25) is 0 Å². The Labute approximate surface area is 115 Å². The Hall–Kier alpha value is -1.55. The van der Waals surface area contributed by atoms with Crippen molar-refractivity contribution in [3.8, 4) is 0 Å². The van der Waals surface area contributed by atoms with Gasteiger partial charge >= 0.3 is 0 Å². The van der Waals surface area contributed by atoms with Crippen molar-refractivity contribution in [3.05, 3.63) is 23.8 Å². The summed E-state index contributed by atoms with van der Waals surface area (Å²) in [6, 6.07) is 6.31. The number of anilines is 2. The maximum atomic E-state index is 11.4. The van der Waals surface area contributed by atoms with Gasteiger partial charge in [0.25, 0.3) is 0 Å². The number of likely N-dealkylation sites (N-methyl/N-ethyl adjacent to an activating group) is 1. The lowest BCUT2D eigenvalue weighted by molar-refractivity contribution is 0.101. The van der Waals surface area contributed by atoms with E-state index in [9.17, 15) is 4.79 Å². The molecule has 104 valence electrons. The minimum Gasteiger partial charge on any atom is -0.398 e. The van der Waals surface area contributed by atoms with Gasteiger partial charge in [-0.25, -0.2) is 0 Å². The predicted octanol–water partition coefficient (Wildman–Crippen LogP) is 1.86. The Bertz CT molecular complexity index is 484. The first kappa shape index (κ1) is 13.9. The Morgan fingerprint density at radius 2 is 2.05 bits per heavy atom. The lowest BCUT2D eigenvalue weighted by Gasteiger charge is -2.23. The summed E-state index contributed by atoms with van der Waals surface area (Å²) >= 11 is 0. The van der Waals surface area contributed by atoms with Gasteiger partial charge < -0.3 is 15.5 Å². The predicted molar refractivity (Wildman–Crippen MR) is 79.7 cm³/mol. The van der Waals surface area contributed by atoms with Gasteiger partial charge in [-0.15, -0.1) is 0 Å². The molecule has 2 atom stereocenters. The summed E-state index contributed by atoms with van der Waals surface area (Å²) in [6.07, 6.45) is 0. The molecule has 2 unspecified atom stereocenters. The minimum atomic E-state index is 0.0185. The molecule has 4 nitrogen and oxygen atoms in total. The normalized spacial score (nSPS) is 23.1. The Morgan fingerprint density at radius 1 is 1.37 bits per heavy atom. The smallest absolute Gasteiger partial charge is 0.161 e. The molecule has 1 fully saturated rings. The lowest BCUT2D eigenvalue weighted by atomic mass is 10.1. The van der Waals surface area contributed by atoms with E-state index in [1.807, 2.05) is 18.2 Å². The van der Waals surface area contributed by atoms with E-state index in [2.05, 4.69) is 30.8 Å². The highest BCUT2D eigenvalue weighted by atomic mass is 16.1. The third-order valence-electron chi connectivity index (χ3n) is 4.02. The molecule has 2 N–H and O–H groups in total. The van der Waals surface area contributed by atoms with Crippen molar-refractivity contribution in [3.63, 3.8) is 0 Å². The van der Waals surface area contributed by atoms with E-state index < -0.39 is 0 Å². The number of nitrogen functional groups attached to an aromatic ring is 1. The number of nitrogens with zero attached hydrogens (tertiary/aromatic N) is 2. The molecule has 1 aromatic carbocycles. The van der Waals surface area contributed by atoms with Crippen LogP contribution in [0.3, 0.4) is 0 Å². The molecule has 1 aliphatic rings.